The van der Waals surface area contributed by atoms with Crippen molar-refractivity contribution in [2.24, 2.45) is 15.0 Å². The quantitative estimate of drug-likeness (QED) is 0.385. The molecular formula is C34H49N3O2. The van der Waals surface area contributed by atoms with Gasteiger partial charge < -0.3 is 10.2 Å². The first kappa shape index (κ1) is 30.6. The summed E-state index contributed by atoms with van der Waals surface area (Å²) in [6.07, 6.45) is 9.47. The molecule has 2 unspecified atom stereocenters. The molecule has 1 saturated carbocycles. The third kappa shape index (κ3) is 7.58. The lowest BCUT2D eigenvalue weighted by atomic mass is 9.79. The van der Waals surface area contributed by atoms with E-state index in [9.17, 15) is 10.2 Å². The molecule has 2 aromatic rings. The molecular weight excluding hydrogens is 482 g/mol. The Morgan fingerprint density at radius 2 is 1.03 bits per heavy atom. The summed E-state index contributed by atoms with van der Waals surface area (Å²) in [5, 5.41) is 22.1. The van der Waals surface area contributed by atoms with Gasteiger partial charge in [0.1, 0.15) is 11.5 Å². The number of rotatable bonds is 5. The van der Waals surface area contributed by atoms with Crippen LogP contribution in [0.4, 0.5) is 0 Å². The zero-order valence-corrected chi connectivity index (χ0v) is 25.8. The SMILES string of the molecule is CN=Cc1cc(C(C)(C)C)cc(C=NC2CCCCC2N=Cc2cc(C(C)(C)C)cc(C(C)(C)C)c2O)c1O. The number of aromatic hydroxyl groups is 2. The lowest BCUT2D eigenvalue weighted by Gasteiger charge is -2.28. The predicted molar refractivity (Wildman–Crippen MR) is 167 cm³/mol. The van der Waals surface area contributed by atoms with Gasteiger partial charge in [-0.15, -0.1) is 0 Å². The molecule has 2 aromatic carbocycles. The number of benzene rings is 2. The Balaban J connectivity index is 1.97. The zero-order chi connectivity index (χ0) is 29.2. The summed E-state index contributed by atoms with van der Waals surface area (Å²) in [4.78, 5) is 14.1. The number of nitrogens with zero attached hydrogens (tertiary/aromatic N) is 3. The van der Waals surface area contributed by atoms with Gasteiger partial charge in [0.25, 0.3) is 0 Å². The van der Waals surface area contributed by atoms with Crippen LogP contribution < -0.4 is 0 Å². The first-order valence-corrected chi connectivity index (χ1v) is 14.3. The van der Waals surface area contributed by atoms with Crippen molar-refractivity contribution >= 4 is 18.6 Å². The fraction of sp³-hybridized carbons (Fsp3) is 0.559. The van der Waals surface area contributed by atoms with Crippen LogP contribution >= 0.6 is 0 Å². The van der Waals surface area contributed by atoms with Crippen LogP contribution in [0.1, 0.15) is 121 Å². The number of hydrogen-bond donors (Lipinski definition) is 2. The van der Waals surface area contributed by atoms with E-state index in [2.05, 4.69) is 79.4 Å². The monoisotopic (exact) mass is 531 g/mol. The van der Waals surface area contributed by atoms with Crippen molar-refractivity contribution in [3.63, 3.8) is 0 Å². The van der Waals surface area contributed by atoms with Gasteiger partial charge in [-0.3, -0.25) is 15.0 Å². The molecule has 2 N–H and O–H groups in total. The van der Waals surface area contributed by atoms with Crippen molar-refractivity contribution in [3.05, 3.63) is 57.6 Å². The van der Waals surface area contributed by atoms with E-state index in [1.165, 1.54) is 5.56 Å². The number of phenols is 2. The second kappa shape index (κ2) is 11.7. The largest absolute Gasteiger partial charge is 0.507 e. The molecule has 1 aliphatic carbocycles. The Hall–Kier alpha value is -2.95. The third-order valence-electron chi connectivity index (χ3n) is 7.62. The van der Waals surface area contributed by atoms with Crippen LogP contribution in [-0.2, 0) is 16.2 Å². The summed E-state index contributed by atoms with van der Waals surface area (Å²) < 4.78 is 0. The van der Waals surface area contributed by atoms with Gasteiger partial charge in [-0.2, -0.15) is 0 Å². The molecule has 39 heavy (non-hydrogen) atoms. The van der Waals surface area contributed by atoms with E-state index >= 15 is 0 Å². The minimum atomic E-state index is -0.184. The Morgan fingerprint density at radius 1 is 0.615 bits per heavy atom. The zero-order valence-electron chi connectivity index (χ0n) is 25.8. The van der Waals surface area contributed by atoms with Crippen LogP contribution in [0.25, 0.3) is 0 Å². The van der Waals surface area contributed by atoms with Crippen molar-refractivity contribution in [2.45, 2.75) is 116 Å². The molecule has 3 rings (SSSR count). The summed E-state index contributed by atoms with van der Waals surface area (Å²) >= 11 is 0. The Morgan fingerprint density at radius 3 is 1.44 bits per heavy atom. The smallest absolute Gasteiger partial charge is 0.133 e. The van der Waals surface area contributed by atoms with E-state index in [4.69, 9.17) is 9.98 Å². The normalized spacial score (nSPS) is 19.5. The summed E-state index contributed by atoms with van der Waals surface area (Å²) in [6, 6.07) is 8.27. The van der Waals surface area contributed by atoms with Crippen molar-refractivity contribution in [1.82, 2.24) is 0 Å². The highest BCUT2D eigenvalue weighted by molar-refractivity contribution is 5.92. The molecule has 0 aromatic heterocycles. The van der Waals surface area contributed by atoms with Gasteiger partial charge in [0.15, 0.2) is 0 Å². The van der Waals surface area contributed by atoms with E-state index in [1.54, 1.807) is 13.3 Å². The first-order chi connectivity index (χ1) is 18.0. The van der Waals surface area contributed by atoms with Gasteiger partial charge in [0.2, 0.25) is 0 Å². The number of phenolic OH excluding ortho intramolecular Hbond substituents is 2. The molecule has 5 nitrogen and oxygen atoms in total. The molecule has 2 atom stereocenters. The van der Waals surface area contributed by atoms with Gasteiger partial charge in [0, 0.05) is 47.9 Å². The number of hydrogen-bond acceptors (Lipinski definition) is 5. The molecule has 1 fully saturated rings. The van der Waals surface area contributed by atoms with Gasteiger partial charge >= 0.3 is 0 Å². The summed E-state index contributed by atoms with van der Waals surface area (Å²) in [5.41, 5.74) is 5.12. The predicted octanol–water partition coefficient (Wildman–Crippen LogP) is 7.89. The molecule has 0 bridgehead atoms. The van der Waals surface area contributed by atoms with Crippen LogP contribution in [0.3, 0.4) is 0 Å². The van der Waals surface area contributed by atoms with E-state index in [0.29, 0.717) is 16.9 Å². The fourth-order valence-electron chi connectivity index (χ4n) is 5.00. The van der Waals surface area contributed by atoms with Crippen molar-refractivity contribution in [2.75, 3.05) is 7.05 Å². The van der Waals surface area contributed by atoms with Crippen LogP contribution in [0.5, 0.6) is 11.5 Å². The standard InChI is InChI=1S/C34H49N3O2/c1-32(2,3)25-15-22(19-35-10)30(38)23(16-25)20-36-28-13-11-12-14-29(28)37-21-24-17-26(33(4,5)6)18-27(31(24)39)34(7,8)9/h15-21,28-29,38-39H,11-14H2,1-10H3. The fourth-order valence-corrected chi connectivity index (χ4v) is 5.00. The lowest BCUT2D eigenvalue weighted by Crippen LogP contribution is -2.27. The average molecular weight is 532 g/mol. The lowest BCUT2D eigenvalue weighted by molar-refractivity contribution is 0.390. The molecule has 0 heterocycles. The number of aliphatic imine (C=N–C) groups is 3. The molecule has 1 aliphatic rings. The van der Waals surface area contributed by atoms with Gasteiger partial charge in [-0.1, -0.05) is 81.2 Å². The van der Waals surface area contributed by atoms with Crippen LogP contribution in [0.2, 0.25) is 0 Å². The van der Waals surface area contributed by atoms with E-state index in [1.807, 2.05) is 24.6 Å². The Labute approximate surface area is 236 Å². The Bertz CT molecular complexity index is 1250. The molecule has 0 saturated heterocycles. The van der Waals surface area contributed by atoms with Crippen molar-refractivity contribution in [1.29, 1.82) is 0 Å². The highest BCUT2D eigenvalue weighted by atomic mass is 16.3. The summed E-state index contributed by atoms with van der Waals surface area (Å²) in [7, 11) is 1.71. The van der Waals surface area contributed by atoms with Gasteiger partial charge in [-0.25, -0.2) is 0 Å². The summed E-state index contributed by atoms with van der Waals surface area (Å²) in [6.45, 7) is 19.5. The van der Waals surface area contributed by atoms with Gasteiger partial charge in [0.05, 0.1) is 12.1 Å². The highest BCUT2D eigenvalue weighted by Crippen LogP contribution is 2.37. The maximum absolute atomic E-state index is 11.2. The average Bonchev–Trinajstić information content (AvgIpc) is 2.82. The van der Waals surface area contributed by atoms with Gasteiger partial charge in [-0.05, 0) is 58.4 Å². The molecule has 0 radical (unpaired) electrons. The van der Waals surface area contributed by atoms with Crippen molar-refractivity contribution < 1.29 is 10.2 Å². The van der Waals surface area contributed by atoms with Crippen LogP contribution in [0, 0.1) is 0 Å². The summed E-state index contributed by atoms with van der Waals surface area (Å²) in [5.74, 6) is 0.510. The van der Waals surface area contributed by atoms with E-state index in [0.717, 1.165) is 42.4 Å². The molecule has 0 spiro atoms. The minimum absolute atomic E-state index is 0.0195. The third-order valence-corrected chi connectivity index (χ3v) is 7.62. The second-order valence-corrected chi connectivity index (χ2v) is 14.1. The molecule has 212 valence electrons. The van der Waals surface area contributed by atoms with E-state index < -0.39 is 0 Å². The highest BCUT2D eigenvalue weighted by Gasteiger charge is 2.26. The molecule has 0 amide bonds. The topological polar surface area (TPSA) is 77.5 Å². The molecule has 5 heteroatoms. The minimum Gasteiger partial charge on any atom is -0.507 e. The maximum Gasteiger partial charge on any atom is 0.133 e. The maximum atomic E-state index is 11.2. The second-order valence-electron chi connectivity index (χ2n) is 14.1. The van der Waals surface area contributed by atoms with Crippen molar-refractivity contribution in [3.8, 4) is 11.5 Å². The van der Waals surface area contributed by atoms with Crippen LogP contribution in [-0.4, -0.2) is 48.0 Å². The molecule has 0 aliphatic heterocycles. The van der Waals surface area contributed by atoms with Crippen LogP contribution in [0.15, 0.2) is 39.2 Å². The Kier molecular flexibility index (Phi) is 9.14. The van der Waals surface area contributed by atoms with E-state index in [-0.39, 0.29) is 34.1 Å². The first-order valence-electron chi connectivity index (χ1n) is 14.3.